The Morgan fingerprint density at radius 1 is 1.00 bits per heavy atom. The minimum Gasteiger partial charge on any atom is -0.378 e. The van der Waals surface area contributed by atoms with Gasteiger partial charge in [-0.05, 0) is 24.3 Å². The van der Waals surface area contributed by atoms with E-state index in [1.54, 1.807) is 12.1 Å². The van der Waals surface area contributed by atoms with Crippen LogP contribution in [0.5, 0.6) is 0 Å². The molecular weight excluding hydrogens is 236 g/mol. The average molecular weight is 252 g/mol. The molecule has 0 atom stereocenters. The van der Waals surface area contributed by atoms with Gasteiger partial charge < -0.3 is 4.90 Å². The molecule has 0 saturated carbocycles. The number of aliphatic imine (C=N–C) groups is 1. The summed E-state index contributed by atoms with van der Waals surface area (Å²) in [4.78, 5) is 18.0. The van der Waals surface area contributed by atoms with E-state index in [1.165, 1.54) is 6.21 Å². The highest BCUT2D eigenvalue weighted by Gasteiger charge is 2.00. The van der Waals surface area contributed by atoms with Crippen molar-refractivity contribution >= 4 is 23.4 Å². The fraction of sp³-hybridized carbons (Fsp3) is 0.125. The lowest BCUT2D eigenvalue weighted by molar-refractivity contribution is 0.107. The highest BCUT2D eigenvalue weighted by molar-refractivity contribution is 6.35. The van der Waals surface area contributed by atoms with Crippen LogP contribution in [0.3, 0.4) is 0 Å². The molecule has 0 aromatic heterocycles. The summed E-state index contributed by atoms with van der Waals surface area (Å²) < 4.78 is 0. The van der Waals surface area contributed by atoms with Crippen LogP contribution in [-0.4, -0.2) is 26.1 Å². The van der Waals surface area contributed by atoms with E-state index in [0.717, 1.165) is 11.4 Å². The number of Topliss-reactive ketones (excluding diaryl/α,β-unsaturated/α-hetero) is 1. The van der Waals surface area contributed by atoms with Crippen molar-refractivity contribution in [2.75, 3.05) is 19.0 Å². The second-order valence-corrected chi connectivity index (χ2v) is 4.40. The molecule has 0 aliphatic heterocycles. The molecule has 0 aliphatic carbocycles. The fourth-order valence-corrected chi connectivity index (χ4v) is 1.65. The SMILES string of the molecule is CN(C)c1ccc(N=CC(=O)c2ccccc2)cc1. The molecule has 3 heteroatoms. The summed E-state index contributed by atoms with van der Waals surface area (Å²) in [5.74, 6) is -0.0858. The van der Waals surface area contributed by atoms with E-state index in [-0.39, 0.29) is 5.78 Å². The Bertz CT molecular complexity index is 571. The fourth-order valence-electron chi connectivity index (χ4n) is 1.65. The predicted octanol–water partition coefficient (Wildman–Crippen LogP) is 3.34. The van der Waals surface area contributed by atoms with Gasteiger partial charge in [-0.2, -0.15) is 0 Å². The smallest absolute Gasteiger partial charge is 0.204 e. The molecule has 0 aliphatic rings. The molecule has 19 heavy (non-hydrogen) atoms. The number of carbonyl (C=O) groups excluding carboxylic acids is 1. The van der Waals surface area contributed by atoms with Crippen LogP contribution in [0.1, 0.15) is 10.4 Å². The lowest BCUT2D eigenvalue weighted by Gasteiger charge is -2.11. The largest absolute Gasteiger partial charge is 0.378 e. The predicted molar refractivity (Wildman–Crippen MR) is 79.7 cm³/mol. The lowest BCUT2D eigenvalue weighted by Crippen LogP contribution is -2.07. The van der Waals surface area contributed by atoms with Gasteiger partial charge in [0, 0.05) is 25.3 Å². The molecule has 0 fully saturated rings. The molecule has 2 rings (SSSR count). The molecule has 0 saturated heterocycles. The van der Waals surface area contributed by atoms with Crippen LogP contribution >= 0.6 is 0 Å². The van der Waals surface area contributed by atoms with Gasteiger partial charge >= 0.3 is 0 Å². The zero-order valence-corrected chi connectivity index (χ0v) is 11.1. The van der Waals surface area contributed by atoms with Crippen LogP contribution in [-0.2, 0) is 0 Å². The Balaban J connectivity index is 2.08. The van der Waals surface area contributed by atoms with Crippen molar-refractivity contribution in [3.05, 3.63) is 60.2 Å². The average Bonchev–Trinajstić information content (AvgIpc) is 2.46. The number of benzene rings is 2. The summed E-state index contributed by atoms with van der Waals surface area (Å²) in [5.41, 5.74) is 2.53. The lowest BCUT2D eigenvalue weighted by atomic mass is 10.1. The highest BCUT2D eigenvalue weighted by Crippen LogP contribution is 2.17. The number of hydrogen-bond acceptors (Lipinski definition) is 3. The number of carbonyl (C=O) groups is 1. The Morgan fingerprint density at radius 3 is 2.21 bits per heavy atom. The minimum atomic E-state index is -0.0858. The quantitative estimate of drug-likeness (QED) is 0.617. The molecule has 0 amide bonds. The Kier molecular flexibility index (Phi) is 4.08. The molecule has 0 unspecified atom stereocenters. The minimum absolute atomic E-state index is 0.0858. The summed E-state index contributed by atoms with van der Waals surface area (Å²) in [5, 5.41) is 0. The van der Waals surface area contributed by atoms with Crippen LogP contribution < -0.4 is 4.90 Å². The maximum Gasteiger partial charge on any atom is 0.204 e. The van der Waals surface area contributed by atoms with E-state index in [9.17, 15) is 4.79 Å². The van der Waals surface area contributed by atoms with E-state index < -0.39 is 0 Å². The number of nitrogens with zero attached hydrogens (tertiary/aromatic N) is 2. The third-order valence-electron chi connectivity index (χ3n) is 2.76. The van der Waals surface area contributed by atoms with Crippen molar-refractivity contribution in [3.8, 4) is 0 Å². The first-order valence-electron chi connectivity index (χ1n) is 6.07. The third-order valence-corrected chi connectivity index (χ3v) is 2.76. The van der Waals surface area contributed by atoms with Crippen molar-refractivity contribution in [1.29, 1.82) is 0 Å². The first kappa shape index (κ1) is 13.0. The van der Waals surface area contributed by atoms with E-state index in [0.29, 0.717) is 5.56 Å². The highest BCUT2D eigenvalue weighted by atomic mass is 16.1. The molecule has 0 bridgehead atoms. The van der Waals surface area contributed by atoms with Crippen LogP contribution in [0, 0.1) is 0 Å². The molecule has 0 radical (unpaired) electrons. The Morgan fingerprint density at radius 2 is 1.63 bits per heavy atom. The van der Waals surface area contributed by atoms with Gasteiger partial charge in [0.25, 0.3) is 0 Å². The number of ketones is 1. The van der Waals surface area contributed by atoms with Crippen LogP contribution in [0.2, 0.25) is 0 Å². The van der Waals surface area contributed by atoms with E-state index in [1.807, 2.05) is 61.5 Å². The van der Waals surface area contributed by atoms with Gasteiger partial charge in [0.2, 0.25) is 5.78 Å². The Hall–Kier alpha value is -2.42. The first-order chi connectivity index (χ1) is 9.16. The molecule has 96 valence electrons. The van der Waals surface area contributed by atoms with Gasteiger partial charge in [-0.1, -0.05) is 30.3 Å². The first-order valence-corrected chi connectivity index (χ1v) is 6.07. The number of hydrogen-bond donors (Lipinski definition) is 0. The summed E-state index contributed by atoms with van der Waals surface area (Å²) >= 11 is 0. The normalized spacial score (nSPS) is 10.6. The van der Waals surface area contributed by atoms with E-state index in [4.69, 9.17) is 0 Å². The van der Waals surface area contributed by atoms with Crippen molar-refractivity contribution in [3.63, 3.8) is 0 Å². The second-order valence-electron chi connectivity index (χ2n) is 4.40. The maximum atomic E-state index is 11.8. The molecule has 0 heterocycles. The summed E-state index contributed by atoms with van der Waals surface area (Å²) in [6, 6.07) is 16.9. The van der Waals surface area contributed by atoms with Gasteiger partial charge in [0.1, 0.15) is 0 Å². The standard InChI is InChI=1S/C16H16N2O/c1-18(2)15-10-8-14(9-11-15)17-12-16(19)13-6-4-3-5-7-13/h3-12H,1-2H3. The van der Waals surface area contributed by atoms with Crippen molar-refractivity contribution in [1.82, 2.24) is 0 Å². The summed E-state index contributed by atoms with van der Waals surface area (Å²) in [6.07, 6.45) is 1.36. The van der Waals surface area contributed by atoms with Gasteiger partial charge in [-0.15, -0.1) is 0 Å². The summed E-state index contributed by atoms with van der Waals surface area (Å²) in [7, 11) is 3.97. The van der Waals surface area contributed by atoms with Crippen molar-refractivity contribution < 1.29 is 4.79 Å². The molecule has 0 spiro atoms. The topological polar surface area (TPSA) is 32.7 Å². The molecule has 2 aromatic rings. The van der Waals surface area contributed by atoms with Gasteiger partial charge in [-0.25, -0.2) is 0 Å². The Labute approximate surface area is 113 Å². The number of rotatable bonds is 4. The molecule has 0 N–H and O–H groups in total. The third kappa shape index (κ3) is 3.52. The maximum absolute atomic E-state index is 11.8. The van der Waals surface area contributed by atoms with Crippen LogP contribution in [0.4, 0.5) is 11.4 Å². The van der Waals surface area contributed by atoms with Crippen LogP contribution in [0.25, 0.3) is 0 Å². The van der Waals surface area contributed by atoms with E-state index in [2.05, 4.69) is 4.99 Å². The van der Waals surface area contributed by atoms with Gasteiger partial charge in [-0.3, -0.25) is 9.79 Å². The zero-order chi connectivity index (χ0) is 13.7. The molecule has 3 nitrogen and oxygen atoms in total. The van der Waals surface area contributed by atoms with Crippen molar-refractivity contribution in [2.24, 2.45) is 4.99 Å². The number of anilines is 1. The van der Waals surface area contributed by atoms with Gasteiger partial charge in [0.15, 0.2) is 0 Å². The summed E-state index contributed by atoms with van der Waals surface area (Å²) in [6.45, 7) is 0. The monoisotopic (exact) mass is 252 g/mol. The second kappa shape index (κ2) is 5.96. The molecule has 2 aromatic carbocycles. The van der Waals surface area contributed by atoms with Crippen LogP contribution in [0.15, 0.2) is 59.6 Å². The van der Waals surface area contributed by atoms with Crippen molar-refractivity contribution in [2.45, 2.75) is 0 Å². The van der Waals surface area contributed by atoms with Gasteiger partial charge in [0.05, 0.1) is 11.9 Å². The molecular formula is C16H16N2O. The zero-order valence-electron chi connectivity index (χ0n) is 11.1. The van der Waals surface area contributed by atoms with E-state index >= 15 is 0 Å².